The fourth-order valence-electron chi connectivity index (χ4n) is 3.89. The molecule has 0 fully saturated rings. The minimum atomic E-state index is -0.342. The van der Waals surface area contributed by atoms with Crippen LogP contribution in [0.1, 0.15) is 12.0 Å². The van der Waals surface area contributed by atoms with Crippen LogP contribution in [0.2, 0.25) is 0 Å². The Morgan fingerprint density at radius 2 is 2.00 bits per heavy atom. The standard InChI is InChI=1S/C19H21NO3/c1-20-11-14-8-17(21-2)18(22-3)9-15(14)19(12-20)10-13-6-4-5-7-16(13)23-19/h4-7,9,11H,8,10,12H2,1-3H3. The zero-order valence-electron chi connectivity index (χ0n) is 13.8. The lowest BCUT2D eigenvalue weighted by molar-refractivity contribution is 0.0960. The monoisotopic (exact) mass is 311 g/mol. The second kappa shape index (κ2) is 5.08. The van der Waals surface area contributed by atoms with Crippen molar-refractivity contribution in [2.45, 2.75) is 18.4 Å². The molecule has 1 aliphatic carbocycles. The van der Waals surface area contributed by atoms with Crippen LogP contribution in [0.15, 0.2) is 59.2 Å². The number of benzene rings is 1. The molecule has 1 aromatic carbocycles. The molecule has 1 aromatic rings. The minimum Gasteiger partial charge on any atom is -0.497 e. The third-order valence-electron chi connectivity index (χ3n) is 4.84. The van der Waals surface area contributed by atoms with Crippen molar-refractivity contribution >= 4 is 0 Å². The number of para-hydroxylation sites is 1. The SMILES string of the molecule is COC1=C(OC)CC2=CN(C)CC3(Cc4ccccc4O3)C2=C1. The van der Waals surface area contributed by atoms with E-state index in [2.05, 4.69) is 42.4 Å². The van der Waals surface area contributed by atoms with Gasteiger partial charge in [-0.1, -0.05) is 18.2 Å². The van der Waals surface area contributed by atoms with Gasteiger partial charge in [0.1, 0.15) is 11.5 Å². The molecular weight excluding hydrogens is 290 g/mol. The van der Waals surface area contributed by atoms with Crippen molar-refractivity contribution in [3.63, 3.8) is 0 Å². The van der Waals surface area contributed by atoms with E-state index in [0.717, 1.165) is 36.7 Å². The fraction of sp³-hybridized carbons (Fsp3) is 0.368. The Kier molecular flexibility index (Phi) is 3.15. The molecule has 0 saturated carbocycles. The minimum absolute atomic E-state index is 0.342. The van der Waals surface area contributed by atoms with Gasteiger partial charge in [-0.05, 0) is 23.3 Å². The van der Waals surface area contributed by atoms with E-state index in [1.54, 1.807) is 14.2 Å². The van der Waals surface area contributed by atoms with Gasteiger partial charge in [0.2, 0.25) is 0 Å². The third-order valence-corrected chi connectivity index (χ3v) is 4.84. The number of hydrogen-bond donors (Lipinski definition) is 0. The Morgan fingerprint density at radius 1 is 1.17 bits per heavy atom. The van der Waals surface area contributed by atoms with Gasteiger partial charge >= 0.3 is 0 Å². The highest BCUT2D eigenvalue weighted by Crippen LogP contribution is 2.47. The molecule has 23 heavy (non-hydrogen) atoms. The molecule has 0 aromatic heterocycles. The Labute approximate surface area is 136 Å². The molecule has 0 radical (unpaired) electrons. The van der Waals surface area contributed by atoms with E-state index in [-0.39, 0.29) is 5.60 Å². The van der Waals surface area contributed by atoms with Crippen LogP contribution in [-0.4, -0.2) is 38.3 Å². The normalized spacial score (nSPS) is 25.4. The van der Waals surface area contributed by atoms with Gasteiger partial charge in [0.15, 0.2) is 11.4 Å². The van der Waals surface area contributed by atoms with Crippen LogP contribution < -0.4 is 4.74 Å². The number of fused-ring (bicyclic) bond motifs is 3. The highest BCUT2D eigenvalue weighted by Gasteiger charge is 2.47. The summed E-state index contributed by atoms with van der Waals surface area (Å²) in [5.41, 5.74) is 3.38. The van der Waals surface area contributed by atoms with Gasteiger partial charge in [-0.2, -0.15) is 0 Å². The van der Waals surface area contributed by atoms with Gasteiger partial charge in [0, 0.05) is 31.7 Å². The van der Waals surface area contributed by atoms with Crippen LogP contribution in [0.3, 0.4) is 0 Å². The second-order valence-electron chi connectivity index (χ2n) is 6.38. The van der Waals surface area contributed by atoms with Gasteiger partial charge in [-0.15, -0.1) is 0 Å². The largest absolute Gasteiger partial charge is 0.497 e. The number of nitrogens with zero attached hydrogens (tertiary/aromatic N) is 1. The first-order valence-corrected chi connectivity index (χ1v) is 7.87. The lowest BCUT2D eigenvalue weighted by Gasteiger charge is -2.41. The molecule has 0 amide bonds. The van der Waals surface area contributed by atoms with Gasteiger partial charge < -0.3 is 19.1 Å². The summed E-state index contributed by atoms with van der Waals surface area (Å²) in [6.07, 6.45) is 5.90. The molecule has 0 saturated heterocycles. The number of methoxy groups -OCH3 is 2. The average molecular weight is 311 g/mol. The van der Waals surface area contributed by atoms with E-state index in [1.165, 1.54) is 16.7 Å². The topological polar surface area (TPSA) is 30.9 Å². The van der Waals surface area contributed by atoms with Crippen LogP contribution >= 0.6 is 0 Å². The lowest BCUT2D eigenvalue weighted by Crippen LogP contribution is -2.49. The lowest BCUT2D eigenvalue weighted by atomic mass is 9.78. The molecular formula is C19H21NO3. The summed E-state index contributed by atoms with van der Waals surface area (Å²) in [7, 11) is 5.48. The van der Waals surface area contributed by atoms with Crippen molar-refractivity contribution in [2.75, 3.05) is 27.8 Å². The highest BCUT2D eigenvalue weighted by atomic mass is 16.5. The van der Waals surface area contributed by atoms with Crippen molar-refractivity contribution in [3.8, 4) is 5.75 Å². The van der Waals surface area contributed by atoms with Gasteiger partial charge in [-0.25, -0.2) is 0 Å². The van der Waals surface area contributed by atoms with Crippen molar-refractivity contribution in [1.82, 2.24) is 4.90 Å². The van der Waals surface area contributed by atoms with E-state index in [4.69, 9.17) is 14.2 Å². The maximum atomic E-state index is 6.47. The molecule has 4 rings (SSSR count). The van der Waals surface area contributed by atoms with E-state index >= 15 is 0 Å². The van der Waals surface area contributed by atoms with Gasteiger partial charge in [0.25, 0.3) is 0 Å². The third kappa shape index (κ3) is 2.12. The van der Waals surface area contributed by atoms with Gasteiger partial charge in [0.05, 0.1) is 20.8 Å². The van der Waals surface area contributed by atoms with E-state index in [9.17, 15) is 0 Å². The number of rotatable bonds is 2. The Bertz CT molecular complexity index is 720. The summed E-state index contributed by atoms with van der Waals surface area (Å²) < 4.78 is 17.5. The van der Waals surface area contributed by atoms with Gasteiger partial charge in [-0.3, -0.25) is 0 Å². The number of ether oxygens (including phenoxy) is 3. The first-order chi connectivity index (χ1) is 11.1. The summed E-state index contributed by atoms with van der Waals surface area (Å²) in [6, 6.07) is 8.31. The van der Waals surface area contributed by atoms with E-state index in [1.807, 2.05) is 6.07 Å². The quantitative estimate of drug-likeness (QED) is 0.840. The molecule has 0 bridgehead atoms. The number of hydrogen-bond acceptors (Lipinski definition) is 4. The first-order valence-electron chi connectivity index (χ1n) is 7.87. The molecule has 2 aliphatic heterocycles. The maximum Gasteiger partial charge on any atom is 0.157 e. The molecule has 2 heterocycles. The predicted molar refractivity (Wildman–Crippen MR) is 88.0 cm³/mol. The molecule has 1 unspecified atom stereocenters. The first kappa shape index (κ1) is 14.2. The van der Waals surface area contributed by atoms with Crippen molar-refractivity contribution in [1.29, 1.82) is 0 Å². The summed E-state index contributed by atoms with van der Waals surface area (Å²) in [6.45, 7) is 0.830. The fourth-order valence-corrected chi connectivity index (χ4v) is 3.89. The average Bonchev–Trinajstić information content (AvgIpc) is 2.91. The highest BCUT2D eigenvalue weighted by molar-refractivity contribution is 5.55. The predicted octanol–water partition coefficient (Wildman–Crippen LogP) is 3.02. The molecule has 1 spiro atoms. The Morgan fingerprint density at radius 3 is 2.74 bits per heavy atom. The van der Waals surface area contributed by atoms with Crippen LogP contribution in [-0.2, 0) is 15.9 Å². The van der Waals surface area contributed by atoms with Crippen molar-refractivity contribution in [2.24, 2.45) is 0 Å². The van der Waals surface area contributed by atoms with Crippen molar-refractivity contribution < 1.29 is 14.2 Å². The summed E-state index contributed by atoms with van der Waals surface area (Å²) in [4.78, 5) is 2.21. The van der Waals surface area contributed by atoms with Crippen LogP contribution in [0.5, 0.6) is 5.75 Å². The zero-order chi connectivity index (χ0) is 16.0. The maximum absolute atomic E-state index is 6.47. The molecule has 4 nitrogen and oxygen atoms in total. The number of likely N-dealkylation sites (N-methyl/N-ethyl adjacent to an activating group) is 1. The number of allylic oxidation sites excluding steroid dienone is 2. The Balaban J connectivity index is 1.82. The second-order valence-corrected chi connectivity index (χ2v) is 6.38. The van der Waals surface area contributed by atoms with Crippen molar-refractivity contribution in [3.05, 3.63) is 64.8 Å². The van der Waals surface area contributed by atoms with Crippen LogP contribution in [0.4, 0.5) is 0 Å². The summed E-state index contributed by atoms with van der Waals surface area (Å²) in [5, 5.41) is 0. The Hall–Kier alpha value is -2.36. The molecule has 120 valence electrons. The molecule has 1 atom stereocenters. The van der Waals surface area contributed by atoms with E-state index in [0.29, 0.717) is 0 Å². The smallest absolute Gasteiger partial charge is 0.157 e. The summed E-state index contributed by atoms with van der Waals surface area (Å²) in [5.74, 6) is 2.65. The summed E-state index contributed by atoms with van der Waals surface area (Å²) >= 11 is 0. The van der Waals surface area contributed by atoms with Crippen LogP contribution in [0.25, 0.3) is 0 Å². The molecule has 0 N–H and O–H groups in total. The molecule has 3 aliphatic rings. The van der Waals surface area contributed by atoms with Crippen LogP contribution in [0, 0.1) is 0 Å². The molecule has 4 heteroatoms. The zero-order valence-corrected chi connectivity index (χ0v) is 13.8. The van der Waals surface area contributed by atoms with E-state index < -0.39 is 0 Å².